The molecule has 2 heterocycles. The van der Waals surface area contributed by atoms with Crippen LogP contribution < -0.4 is 5.32 Å². The van der Waals surface area contributed by atoms with Gasteiger partial charge in [0.15, 0.2) is 11.5 Å². The fourth-order valence-electron chi connectivity index (χ4n) is 2.21. The summed E-state index contributed by atoms with van der Waals surface area (Å²) in [6.45, 7) is 3.32. The maximum atomic E-state index is 11.8. The van der Waals surface area contributed by atoms with Crippen molar-refractivity contribution in [3.8, 4) is 0 Å². The highest BCUT2D eigenvalue weighted by molar-refractivity contribution is 5.89. The van der Waals surface area contributed by atoms with Gasteiger partial charge < -0.3 is 14.8 Å². The molecule has 0 aliphatic carbocycles. The van der Waals surface area contributed by atoms with Gasteiger partial charge in [-0.2, -0.15) is 0 Å². The third-order valence-corrected chi connectivity index (χ3v) is 3.21. The van der Waals surface area contributed by atoms with Gasteiger partial charge in [-0.05, 0) is 6.42 Å². The molecule has 0 fully saturated rings. The highest BCUT2D eigenvalue weighted by Gasteiger charge is 2.26. The summed E-state index contributed by atoms with van der Waals surface area (Å²) in [5.74, 6) is 0.141. The van der Waals surface area contributed by atoms with Crippen molar-refractivity contribution >= 4 is 5.97 Å². The van der Waals surface area contributed by atoms with E-state index in [0.717, 1.165) is 24.1 Å². The molecular formula is C13H19N3O3. The number of carbonyl (C=O) groups is 1. The predicted molar refractivity (Wildman–Crippen MR) is 68.6 cm³/mol. The van der Waals surface area contributed by atoms with E-state index in [2.05, 4.69) is 22.2 Å². The van der Waals surface area contributed by atoms with E-state index in [0.29, 0.717) is 24.6 Å². The number of carbonyl (C=O) groups excluding carboxylic acids is 1. The fraction of sp³-hybridized carbons (Fsp3) is 0.615. The normalized spacial score (nSPS) is 15.1. The number of hydrogen-bond acceptors (Lipinski definition) is 6. The van der Waals surface area contributed by atoms with Gasteiger partial charge in [-0.1, -0.05) is 13.3 Å². The molecule has 0 saturated heterocycles. The summed E-state index contributed by atoms with van der Waals surface area (Å²) in [5, 5.41) is 3.17. The first-order valence-electron chi connectivity index (χ1n) is 6.42. The maximum absolute atomic E-state index is 11.8. The third-order valence-electron chi connectivity index (χ3n) is 3.21. The zero-order valence-corrected chi connectivity index (χ0v) is 11.5. The molecular weight excluding hydrogens is 246 g/mol. The van der Waals surface area contributed by atoms with Gasteiger partial charge in [-0.15, -0.1) is 0 Å². The molecule has 0 spiro atoms. The quantitative estimate of drug-likeness (QED) is 0.810. The second-order valence-electron chi connectivity index (χ2n) is 4.46. The summed E-state index contributed by atoms with van der Waals surface area (Å²) < 4.78 is 10.2. The van der Waals surface area contributed by atoms with Crippen LogP contribution in [0.15, 0.2) is 0 Å². The lowest BCUT2D eigenvalue weighted by molar-refractivity contribution is 0.0587. The van der Waals surface area contributed by atoms with Crippen molar-refractivity contribution in [2.75, 3.05) is 14.2 Å². The highest BCUT2D eigenvalue weighted by atomic mass is 16.5. The van der Waals surface area contributed by atoms with E-state index in [4.69, 9.17) is 9.47 Å². The Morgan fingerprint density at radius 1 is 1.37 bits per heavy atom. The molecule has 1 aliphatic rings. The molecule has 1 atom stereocenters. The van der Waals surface area contributed by atoms with Gasteiger partial charge in [0, 0.05) is 25.8 Å². The number of aromatic nitrogens is 2. The molecule has 1 aromatic heterocycles. The van der Waals surface area contributed by atoms with Crippen molar-refractivity contribution in [1.82, 2.24) is 15.3 Å². The Hall–Kier alpha value is -1.53. The molecule has 0 saturated carbocycles. The summed E-state index contributed by atoms with van der Waals surface area (Å²) in [7, 11) is 2.99. The number of rotatable bonds is 5. The number of nitrogens with zero attached hydrogens (tertiary/aromatic N) is 2. The minimum Gasteiger partial charge on any atom is -0.464 e. The second-order valence-corrected chi connectivity index (χ2v) is 4.46. The van der Waals surface area contributed by atoms with Gasteiger partial charge in [-0.3, -0.25) is 0 Å². The van der Waals surface area contributed by atoms with E-state index in [-0.39, 0.29) is 6.10 Å². The maximum Gasteiger partial charge on any atom is 0.357 e. The van der Waals surface area contributed by atoms with E-state index in [1.807, 2.05) is 0 Å². The summed E-state index contributed by atoms with van der Waals surface area (Å²) >= 11 is 0. The van der Waals surface area contributed by atoms with Gasteiger partial charge in [0.05, 0.1) is 12.8 Å². The molecule has 0 bridgehead atoms. The monoisotopic (exact) mass is 265 g/mol. The molecule has 104 valence electrons. The molecule has 6 heteroatoms. The number of methoxy groups -OCH3 is 2. The summed E-state index contributed by atoms with van der Waals surface area (Å²) in [5.41, 5.74) is 2.05. The van der Waals surface area contributed by atoms with Crippen molar-refractivity contribution < 1.29 is 14.3 Å². The van der Waals surface area contributed by atoms with Crippen LogP contribution in [0.3, 0.4) is 0 Å². The first-order chi connectivity index (χ1) is 9.21. The Bertz CT molecular complexity index is 476. The molecule has 1 aliphatic heterocycles. The first kappa shape index (κ1) is 13.9. The lowest BCUT2D eigenvalue weighted by Crippen LogP contribution is -2.16. The molecule has 19 heavy (non-hydrogen) atoms. The van der Waals surface area contributed by atoms with Crippen LogP contribution in [-0.2, 0) is 22.6 Å². The van der Waals surface area contributed by atoms with E-state index in [1.54, 1.807) is 7.11 Å². The predicted octanol–water partition coefficient (Wildman–Crippen LogP) is 1.35. The lowest BCUT2D eigenvalue weighted by atomic mass is 10.1. The van der Waals surface area contributed by atoms with Gasteiger partial charge in [-0.25, -0.2) is 14.8 Å². The minimum absolute atomic E-state index is 0.181. The van der Waals surface area contributed by atoms with Crippen LogP contribution in [0, 0.1) is 0 Å². The molecule has 1 unspecified atom stereocenters. The molecule has 0 amide bonds. The van der Waals surface area contributed by atoms with Crippen LogP contribution in [0.5, 0.6) is 0 Å². The number of nitrogens with one attached hydrogen (secondary N) is 1. The van der Waals surface area contributed by atoms with Crippen LogP contribution in [0.2, 0.25) is 0 Å². The van der Waals surface area contributed by atoms with Crippen LogP contribution in [-0.4, -0.2) is 30.2 Å². The van der Waals surface area contributed by atoms with Crippen molar-refractivity contribution in [3.63, 3.8) is 0 Å². The number of esters is 1. The van der Waals surface area contributed by atoms with Gasteiger partial charge in [0.2, 0.25) is 0 Å². The Kier molecular flexibility index (Phi) is 4.44. The largest absolute Gasteiger partial charge is 0.464 e. The van der Waals surface area contributed by atoms with E-state index in [1.165, 1.54) is 7.11 Å². The van der Waals surface area contributed by atoms with Crippen LogP contribution in [0.1, 0.15) is 53.4 Å². The Labute approximate surface area is 112 Å². The van der Waals surface area contributed by atoms with Crippen molar-refractivity contribution in [2.45, 2.75) is 39.0 Å². The first-order valence-corrected chi connectivity index (χ1v) is 6.42. The van der Waals surface area contributed by atoms with Crippen LogP contribution in [0.4, 0.5) is 0 Å². The molecule has 2 rings (SSSR count). The molecule has 0 aromatic carbocycles. The number of hydrogen-bond donors (Lipinski definition) is 1. The summed E-state index contributed by atoms with van der Waals surface area (Å²) in [4.78, 5) is 20.7. The zero-order chi connectivity index (χ0) is 13.8. The lowest BCUT2D eigenvalue weighted by Gasteiger charge is -2.15. The molecule has 0 radical (unpaired) electrons. The molecule has 1 aromatic rings. The molecule has 1 N–H and O–H groups in total. The number of ether oxygens (including phenoxy) is 2. The van der Waals surface area contributed by atoms with E-state index < -0.39 is 5.97 Å². The number of fused-ring (bicyclic) bond motifs is 1. The van der Waals surface area contributed by atoms with Gasteiger partial charge in [0.1, 0.15) is 6.10 Å². The highest BCUT2D eigenvalue weighted by Crippen LogP contribution is 2.24. The minimum atomic E-state index is -0.421. The van der Waals surface area contributed by atoms with Crippen molar-refractivity contribution in [2.24, 2.45) is 0 Å². The van der Waals surface area contributed by atoms with Crippen molar-refractivity contribution in [1.29, 1.82) is 0 Å². The van der Waals surface area contributed by atoms with Crippen molar-refractivity contribution in [3.05, 3.63) is 22.8 Å². The smallest absolute Gasteiger partial charge is 0.357 e. The average Bonchev–Trinajstić information content (AvgIpc) is 2.91. The fourth-order valence-corrected chi connectivity index (χ4v) is 2.21. The van der Waals surface area contributed by atoms with E-state index in [9.17, 15) is 4.79 Å². The Morgan fingerprint density at radius 3 is 2.79 bits per heavy atom. The average molecular weight is 265 g/mol. The summed E-state index contributed by atoms with van der Waals surface area (Å²) in [6, 6.07) is 0. The standard InChI is InChI=1S/C13H19N3O3/c1-4-5-10(18-2)12-15-9-7-14-6-8(9)11(16-12)13(17)19-3/h10,14H,4-7H2,1-3H3. The Morgan fingerprint density at radius 2 is 2.16 bits per heavy atom. The van der Waals surface area contributed by atoms with Gasteiger partial charge >= 0.3 is 5.97 Å². The SMILES string of the molecule is CCCC(OC)c1nc2c(c(C(=O)OC)n1)CNC2. The van der Waals surface area contributed by atoms with Crippen LogP contribution in [0.25, 0.3) is 0 Å². The van der Waals surface area contributed by atoms with Gasteiger partial charge in [0.25, 0.3) is 0 Å². The van der Waals surface area contributed by atoms with E-state index >= 15 is 0 Å². The molecule has 6 nitrogen and oxygen atoms in total. The summed E-state index contributed by atoms with van der Waals surface area (Å²) in [6.07, 6.45) is 1.60. The van der Waals surface area contributed by atoms with Crippen LogP contribution >= 0.6 is 0 Å². The second kappa shape index (κ2) is 6.08. The zero-order valence-electron chi connectivity index (χ0n) is 11.5. The third kappa shape index (κ3) is 2.74. The topological polar surface area (TPSA) is 73.3 Å². The Balaban J connectivity index is 2.43.